The Bertz CT molecular complexity index is 248. The minimum absolute atomic E-state index is 0.0395. The van der Waals surface area contributed by atoms with Gasteiger partial charge in [0.05, 0.1) is 6.04 Å². The maximum absolute atomic E-state index is 10.1. The summed E-state index contributed by atoms with van der Waals surface area (Å²) in [5.41, 5.74) is 0. The lowest BCUT2D eigenvalue weighted by Gasteiger charge is -2.11. The van der Waals surface area contributed by atoms with Gasteiger partial charge >= 0.3 is 0 Å². The molecule has 0 aliphatic heterocycles. The second-order valence-electron chi connectivity index (χ2n) is 2.81. The van der Waals surface area contributed by atoms with E-state index in [9.17, 15) is 4.79 Å². The third kappa shape index (κ3) is 3.60. The molecule has 1 N–H and O–H groups in total. The minimum atomic E-state index is 0.0395. The van der Waals surface area contributed by atoms with Gasteiger partial charge in [0.2, 0.25) is 6.41 Å². The molecule has 0 saturated heterocycles. The number of amides is 1. The van der Waals surface area contributed by atoms with Crippen molar-refractivity contribution in [1.29, 1.82) is 0 Å². The van der Waals surface area contributed by atoms with Crippen LogP contribution in [0.3, 0.4) is 0 Å². The van der Waals surface area contributed by atoms with Gasteiger partial charge in [-0.05, 0) is 19.1 Å². The van der Waals surface area contributed by atoms with Gasteiger partial charge in [0.25, 0.3) is 0 Å². The quantitative estimate of drug-likeness (QED) is 0.690. The van der Waals surface area contributed by atoms with Crippen LogP contribution in [-0.2, 0) is 4.79 Å². The molecule has 0 aliphatic carbocycles. The van der Waals surface area contributed by atoms with Crippen LogP contribution in [-0.4, -0.2) is 19.1 Å². The zero-order valence-electron chi connectivity index (χ0n) is 7.57. The molecule has 0 heterocycles. The number of hydrogen-bond acceptors (Lipinski definition) is 2. The van der Waals surface area contributed by atoms with Crippen molar-refractivity contribution < 1.29 is 9.53 Å². The Kier molecular flexibility index (Phi) is 3.82. The van der Waals surface area contributed by atoms with Crippen molar-refractivity contribution in [1.82, 2.24) is 5.32 Å². The van der Waals surface area contributed by atoms with E-state index >= 15 is 0 Å². The van der Waals surface area contributed by atoms with Gasteiger partial charge in [-0.15, -0.1) is 0 Å². The van der Waals surface area contributed by atoms with Crippen LogP contribution in [0, 0.1) is 0 Å². The van der Waals surface area contributed by atoms with E-state index in [1.165, 1.54) is 0 Å². The molecule has 1 atom stereocenters. The van der Waals surface area contributed by atoms with Gasteiger partial charge in [-0.2, -0.15) is 0 Å². The molecule has 0 saturated carbocycles. The third-order valence-electron chi connectivity index (χ3n) is 1.60. The Labute approximate surface area is 77.7 Å². The molecule has 1 rings (SSSR count). The summed E-state index contributed by atoms with van der Waals surface area (Å²) in [4.78, 5) is 10.1. The van der Waals surface area contributed by atoms with Crippen LogP contribution >= 0.6 is 0 Å². The monoisotopic (exact) mass is 179 g/mol. The average Bonchev–Trinajstić information content (AvgIpc) is 2.17. The van der Waals surface area contributed by atoms with Crippen LogP contribution in [0.5, 0.6) is 5.75 Å². The second-order valence-corrected chi connectivity index (χ2v) is 2.81. The van der Waals surface area contributed by atoms with E-state index in [1.807, 2.05) is 37.3 Å². The summed E-state index contributed by atoms with van der Waals surface area (Å²) in [5, 5.41) is 2.61. The van der Waals surface area contributed by atoms with E-state index in [1.54, 1.807) is 0 Å². The van der Waals surface area contributed by atoms with Crippen LogP contribution in [0.1, 0.15) is 6.92 Å². The molecule has 13 heavy (non-hydrogen) atoms. The van der Waals surface area contributed by atoms with Crippen molar-refractivity contribution in [2.24, 2.45) is 0 Å². The molecule has 1 aromatic rings. The highest BCUT2D eigenvalue weighted by molar-refractivity contribution is 5.46. The molecule has 1 aromatic carbocycles. The topological polar surface area (TPSA) is 38.3 Å². The smallest absolute Gasteiger partial charge is 0.207 e. The lowest BCUT2D eigenvalue weighted by Crippen LogP contribution is -2.30. The summed E-state index contributed by atoms with van der Waals surface area (Å²) in [6, 6.07) is 9.55. The fourth-order valence-electron chi connectivity index (χ4n) is 0.902. The van der Waals surface area contributed by atoms with Gasteiger partial charge < -0.3 is 10.1 Å². The van der Waals surface area contributed by atoms with Gasteiger partial charge in [0.1, 0.15) is 12.4 Å². The highest BCUT2D eigenvalue weighted by Crippen LogP contribution is 2.08. The molecular formula is C10H13NO2. The molecule has 1 unspecified atom stereocenters. The van der Waals surface area contributed by atoms with Crippen molar-refractivity contribution in [3.8, 4) is 5.75 Å². The standard InChI is InChI=1S/C10H13NO2/c1-9(11-8-12)7-13-10-5-3-2-4-6-10/h2-6,8-9H,7H2,1H3,(H,11,12). The number of carbonyl (C=O) groups excluding carboxylic acids is 1. The number of carbonyl (C=O) groups is 1. The lowest BCUT2D eigenvalue weighted by atomic mass is 10.3. The summed E-state index contributed by atoms with van der Waals surface area (Å²) in [6.07, 6.45) is 0.680. The zero-order valence-corrected chi connectivity index (χ0v) is 7.57. The van der Waals surface area contributed by atoms with E-state index in [4.69, 9.17) is 4.74 Å². The second kappa shape index (κ2) is 5.19. The van der Waals surface area contributed by atoms with Crippen molar-refractivity contribution in [3.63, 3.8) is 0 Å². The molecule has 3 nitrogen and oxygen atoms in total. The zero-order chi connectivity index (χ0) is 9.52. The van der Waals surface area contributed by atoms with Crippen molar-refractivity contribution in [2.75, 3.05) is 6.61 Å². The molecule has 3 heteroatoms. The summed E-state index contributed by atoms with van der Waals surface area (Å²) in [6.45, 7) is 2.38. The summed E-state index contributed by atoms with van der Waals surface area (Å²) >= 11 is 0. The number of nitrogens with one attached hydrogen (secondary N) is 1. The Morgan fingerprint density at radius 2 is 2.15 bits per heavy atom. The Balaban J connectivity index is 2.30. The molecule has 70 valence electrons. The van der Waals surface area contributed by atoms with Crippen LogP contribution in [0.4, 0.5) is 0 Å². The highest BCUT2D eigenvalue weighted by atomic mass is 16.5. The van der Waals surface area contributed by atoms with Crippen LogP contribution in [0.2, 0.25) is 0 Å². The third-order valence-corrected chi connectivity index (χ3v) is 1.60. The first-order valence-corrected chi connectivity index (χ1v) is 4.20. The average molecular weight is 179 g/mol. The van der Waals surface area contributed by atoms with Crippen molar-refractivity contribution >= 4 is 6.41 Å². The first-order valence-electron chi connectivity index (χ1n) is 4.20. The van der Waals surface area contributed by atoms with E-state index in [0.717, 1.165) is 5.75 Å². The summed E-state index contributed by atoms with van der Waals surface area (Å²) in [7, 11) is 0. The maximum Gasteiger partial charge on any atom is 0.207 e. The molecule has 0 aliphatic rings. The SMILES string of the molecule is CC(COc1ccccc1)NC=O. The Morgan fingerprint density at radius 3 is 2.77 bits per heavy atom. The van der Waals surface area contributed by atoms with E-state index in [2.05, 4.69) is 5.32 Å². The largest absolute Gasteiger partial charge is 0.491 e. The fraction of sp³-hybridized carbons (Fsp3) is 0.300. The van der Waals surface area contributed by atoms with Crippen molar-refractivity contribution in [2.45, 2.75) is 13.0 Å². The number of rotatable bonds is 5. The first-order chi connectivity index (χ1) is 6.33. The van der Waals surface area contributed by atoms with Crippen LogP contribution in [0.25, 0.3) is 0 Å². The van der Waals surface area contributed by atoms with Crippen LogP contribution < -0.4 is 10.1 Å². The molecule has 0 radical (unpaired) electrons. The molecule has 1 amide bonds. The fourth-order valence-corrected chi connectivity index (χ4v) is 0.902. The first kappa shape index (κ1) is 9.58. The van der Waals surface area contributed by atoms with Gasteiger partial charge in [-0.3, -0.25) is 4.79 Å². The number of para-hydroxylation sites is 1. The van der Waals surface area contributed by atoms with Gasteiger partial charge in [-0.25, -0.2) is 0 Å². The van der Waals surface area contributed by atoms with E-state index in [0.29, 0.717) is 13.0 Å². The van der Waals surface area contributed by atoms with E-state index < -0.39 is 0 Å². The molecule has 0 aromatic heterocycles. The normalized spacial score (nSPS) is 11.8. The van der Waals surface area contributed by atoms with Gasteiger partial charge in [0, 0.05) is 0 Å². The van der Waals surface area contributed by atoms with E-state index in [-0.39, 0.29) is 6.04 Å². The van der Waals surface area contributed by atoms with Gasteiger partial charge in [-0.1, -0.05) is 18.2 Å². The number of hydrogen-bond donors (Lipinski definition) is 1. The number of benzene rings is 1. The molecular weight excluding hydrogens is 166 g/mol. The predicted molar refractivity (Wildman–Crippen MR) is 50.6 cm³/mol. The Hall–Kier alpha value is -1.51. The molecule has 0 spiro atoms. The highest BCUT2D eigenvalue weighted by Gasteiger charge is 1.99. The molecule has 0 bridgehead atoms. The summed E-state index contributed by atoms with van der Waals surface area (Å²) in [5.74, 6) is 0.821. The van der Waals surface area contributed by atoms with Crippen LogP contribution in [0.15, 0.2) is 30.3 Å². The molecule has 0 fully saturated rings. The maximum atomic E-state index is 10.1. The minimum Gasteiger partial charge on any atom is -0.491 e. The predicted octanol–water partition coefficient (Wildman–Crippen LogP) is 1.20. The van der Waals surface area contributed by atoms with Gasteiger partial charge in [0.15, 0.2) is 0 Å². The number of ether oxygens (including phenoxy) is 1. The van der Waals surface area contributed by atoms with Crippen molar-refractivity contribution in [3.05, 3.63) is 30.3 Å². The lowest BCUT2D eigenvalue weighted by molar-refractivity contribution is -0.110. The summed E-state index contributed by atoms with van der Waals surface area (Å²) < 4.78 is 5.40. The Morgan fingerprint density at radius 1 is 1.46 bits per heavy atom.